The average Bonchev–Trinajstić information content (AvgIpc) is 2.97. The maximum atomic E-state index is 12.2. The average molecular weight is 351 g/mol. The van der Waals surface area contributed by atoms with Crippen LogP contribution in [0.15, 0.2) is 48.5 Å². The number of aryl methyl sites for hydroxylation is 2. The van der Waals surface area contributed by atoms with E-state index < -0.39 is 11.9 Å². The molecule has 0 saturated heterocycles. The summed E-state index contributed by atoms with van der Waals surface area (Å²) in [6, 6.07) is 15.4. The van der Waals surface area contributed by atoms with Gasteiger partial charge in [0.1, 0.15) is 5.69 Å². The van der Waals surface area contributed by atoms with Crippen LogP contribution in [0.2, 0.25) is 0 Å². The van der Waals surface area contributed by atoms with Crippen LogP contribution in [-0.4, -0.2) is 33.3 Å². The Morgan fingerprint density at radius 1 is 1.19 bits per heavy atom. The van der Waals surface area contributed by atoms with Crippen LogP contribution in [0.25, 0.3) is 10.8 Å². The van der Waals surface area contributed by atoms with Gasteiger partial charge in [-0.1, -0.05) is 42.5 Å². The lowest BCUT2D eigenvalue weighted by Gasteiger charge is -2.14. The van der Waals surface area contributed by atoms with Crippen molar-refractivity contribution in [2.24, 2.45) is 13.0 Å². The van der Waals surface area contributed by atoms with E-state index in [1.54, 1.807) is 17.8 Å². The normalized spacial score (nSPS) is 12.1. The summed E-state index contributed by atoms with van der Waals surface area (Å²) in [5.74, 6) is -2.01. The molecule has 0 aliphatic heterocycles. The molecular weight excluding hydrogens is 330 g/mol. The number of rotatable bonds is 6. The molecule has 3 aromatic rings. The first kappa shape index (κ1) is 17.7. The van der Waals surface area contributed by atoms with Crippen LogP contribution < -0.4 is 5.32 Å². The second-order valence-electron chi connectivity index (χ2n) is 6.38. The number of carboxylic acid groups (broad SMARTS) is 1. The van der Waals surface area contributed by atoms with Gasteiger partial charge in [-0.15, -0.1) is 0 Å². The lowest BCUT2D eigenvalue weighted by atomic mass is 9.95. The van der Waals surface area contributed by atoms with Crippen LogP contribution in [0, 0.1) is 12.8 Å². The Morgan fingerprint density at radius 3 is 2.62 bits per heavy atom. The Morgan fingerprint density at radius 2 is 1.92 bits per heavy atom. The van der Waals surface area contributed by atoms with Crippen LogP contribution in [-0.2, 0) is 18.3 Å². The summed E-state index contributed by atoms with van der Waals surface area (Å²) in [6.07, 6.45) is 0.345. The highest BCUT2D eigenvalue weighted by molar-refractivity contribution is 5.92. The molecule has 2 N–H and O–H groups in total. The first-order chi connectivity index (χ1) is 12.5. The zero-order chi connectivity index (χ0) is 18.7. The van der Waals surface area contributed by atoms with Gasteiger partial charge in [0.2, 0.25) is 0 Å². The molecule has 0 aliphatic carbocycles. The number of carboxylic acids is 1. The topological polar surface area (TPSA) is 84.2 Å². The minimum absolute atomic E-state index is 0.0486. The summed E-state index contributed by atoms with van der Waals surface area (Å²) in [6.45, 7) is 1.90. The molecule has 1 amide bonds. The fourth-order valence-electron chi connectivity index (χ4n) is 2.96. The molecule has 0 bridgehead atoms. The van der Waals surface area contributed by atoms with Gasteiger partial charge in [-0.25, -0.2) is 0 Å². The van der Waals surface area contributed by atoms with E-state index in [1.165, 1.54) is 0 Å². The number of hydrogen-bond acceptors (Lipinski definition) is 3. The van der Waals surface area contributed by atoms with Gasteiger partial charge in [0.15, 0.2) is 0 Å². The van der Waals surface area contributed by atoms with Gasteiger partial charge >= 0.3 is 5.97 Å². The number of amides is 1. The van der Waals surface area contributed by atoms with Gasteiger partial charge in [0, 0.05) is 19.3 Å². The van der Waals surface area contributed by atoms with E-state index >= 15 is 0 Å². The number of hydrogen-bond donors (Lipinski definition) is 2. The Bertz CT molecular complexity index is 937. The highest BCUT2D eigenvalue weighted by atomic mass is 16.4. The number of carbonyl (C=O) groups is 2. The molecule has 1 unspecified atom stereocenters. The predicted octanol–water partition coefficient (Wildman–Crippen LogP) is 2.56. The van der Waals surface area contributed by atoms with Crippen LogP contribution >= 0.6 is 0 Å². The fraction of sp³-hybridized carbons (Fsp3) is 0.250. The van der Waals surface area contributed by atoms with Crippen molar-refractivity contribution in [2.75, 3.05) is 6.54 Å². The number of aliphatic carboxylic acids is 1. The third-order valence-corrected chi connectivity index (χ3v) is 4.55. The molecule has 0 fully saturated rings. The van der Waals surface area contributed by atoms with E-state index in [0.29, 0.717) is 12.1 Å². The predicted molar refractivity (Wildman–Crippen MR) is 99.1 cm³/mol. The molecule has 6 heteroatoms. The third-order valence-electron chi connectivity index (χ3n) is 4.55. The molecule has 1 aromatic heterocycles. The first-order valence-electron chi connectivity index (χ1n) is 8.44. The third kappa shape index (κ3) is 3.74. The van der Waals surface area contributed by atoms with Gasteiger partial charge in [-0.05, 0) is 35.7 Å². The molecule has 134 valence electrons. The summed E-state index contributed by atoms with van der Waals surface area (Å²) < 4.78 is 1.61. The molecular formula is C20H21N3O3. The van der Waals surface area contributed by atoms with E-state index in [0.717, 1.165) is 22.0 Å². The van der Waals surface area contributed by atoms with Crippen molar-refractivity contribution in [3.05, 3.63) is 65.5 Å². The molecule has 0 saturated carbocycles. The molecule has 3 rings (SSSR count). The summed E-state index contributed by atoms with van der Waals surface area (Å²) in [7, 11) is 1.76. The van der Waals surface area contributed by atoms with E-state index in [2.05, 4.69) is 10.4 Å². The zero-order valence-corrected chi connectivity index (χ0v) is 14.8. The van der Waals surface area contributed by atoms with Crippen LogP contribution in [0.5, 0.6) is 0 Å². The van der Waals surface area contributed by atoms with Crippen molar-refractivity contribution in [3.8, 4) is 0 Å². The van der Waals surface area contributed by atoms with E-state index in [-0.39, 0.29) is 12.5 Å². The highest BCUT2D eigenvalue weighted by Crippen LogP contribution is 2.21. The number of fused-ring (bicyclic) bond motifs is 1. The monoisotopic (exact) mass is 351 g/mol. The Kier molecular flexibility index (Phi) is 5.02. The standard InChI is InChI=1S/C20H21N3O3/c1-13-10-18(22-23(13)2)19(24)21-12-16(20(25)26)11-15-8-5-7-14-6-3-4-9-17(14)15/h3-10,16H,11-12H2,1-2H3,(H,21,24)(H,25,26). The molecule has 2 aromatic carbocycles. The minimum atomic E-state index is -0.935. The lowest BCUT2D eigenvalue weighted by Crippen LogP contribution is -2.34. The van der Waals surface area contributed by atoms with Crippen LogP contribution in [0.3, 0.4) is 0 Å². The maximum Gasteiger partial charge on any atom is 0.308 e. The van der Waals surface area contributed by atoms with E-state index in [1.807, 2.05) is 49.4 Å². The molecule has 1 atom stereocenters. The quantitative estimate of drug-likeness (QED) is 0.715. The Balaban J connectivity index is 1.73. The lowest BCUT2D eigenvalue weighted by molar-refractivity contribution is -0.141. The molecule has 6 nitrogen and oxygen atoms in total. The van der Waals surface area contributed by atoms with Crippen molar-refractivity contribution in [1.82, 2.24) is 15.1 Å². The number of nitrogens with zero attached hydrogens (tertiary/aromatic N) is 2. The van der Waals surface area contributed by atoms with Gasteiger partial charge in [0.05, 0.1) is 5.92 Å². The first-order valence-corrected chi connectivity index (χ1v) is 8.44. The maximum absolute atomic E-state index is 12.2. The van der Waals surface area contributed by atoms with Crippen molar-refractivity contribution < 1.29 is 14.7 Å². The van der Waals surface area contributed by atoms with Crippen molar-refractivity contribution in [3.63, 3.8) is 0 Å². The van der Waals surface area contributed by atoms with Crippen LogP contribution in [0.4, 0.5) is 0 Å². The smallest absolute Gasteiger partial charge is 0.308 e. The van der Waals surface area contributed by atoms with Crippen molar-refractivity contribution >= 4 is 22.6 Å². The largest absolute Gasteiger partial charge is 0.481 e. The molecule has 0 radical (unpaired) electrons. The molecule has 0 spiro atoms. The number of carbonyl (C=O) groups excluding carboxylic acids is 1. The highest BCUT2D eigenvalue weighted by Gasteiger charge is 2.21. The Hall–Kier alpha value is -3.15. The minimum Gasteiger partial charge on any atom is -0.481 e. The zero-order valence-electron chi connectivity index (χ0n) is 14.8. The van der Waals surface area contributed by atoms with Crippen molar-refractivity contribution in [2.45, 2.75) is 13.3 Å². The molecule has 26 heavy (non-hydrogen) atoms. The molecule has 0 aliphatic rings. The number of benzene rings is 2. The summed E-state index contributed by atoms with van der Waals surface area (Å²) in [5.41, 5.74) is 2.11. The van der Waals surface area contributed by atoms with Gasteiger partial charge in [0.25, 0.3) is 5.91 Å². The summed E-state index contributed by atoms with van der Waals surface area (Å²) in [4.78, 5) is 23.9. The summed E-state index contributed by atoms with van der Waals surface area (Å²) in [5, 5.41) is 18.5. The van der Waals surface area contributed by atoms with Gasteiger partial charge in [-0.2, -0.15) is 5.10 Å². The van der Waals surface area contributed by atoms with Gasteiger partial charge < -0.3 is 10.4 Å². The summed E-state index contributed by atoms with van der Waals surface area (Å²) >= 11 is 0. The van der Waals surface area contributed by atoms with E-state index in [4.69, 9.17) is 0 Å². The van der Waals surface area contributed by atoms with Crippen LogP contribution in [0.1, 0.15) is 21.7 Å². The van der Waals surface area contributed by atoms with E-state index in [9.17, 15) is 14.7 Å². The van der Waals surface area contributed by atoms with Crippen molar-refractivity contribution in [1.29, 1.82) is 0 Å². The SMILES string of the molecule is Cc1cc(C(=O)NCC(Cc2cccc3ccccc23)C(=O)O)nn1C. The fourth-order valence-corrected chi connectivity index (χ4v) is 2.96. The number of nitrogens with one attached hydrogen (secondary N) is 1. The second kappa shape index (κ2) is 7.39. The Labute approximate surface area is 151 Å². The second-order valence-corrected chi connectivity index (χ2v) is 6.38. The molecule has 1 heterocycles. The number of aromatic nitrogens is 2. The van der Waals surface area contributed by atoms with Gasteiger partial charge in [-0.3, -0.25) is 14.3 Å².